The van der Waals surface area contributed by atoms with Crippen molar-refractivity contribution >= 4 is 47.0 Å². The molecule has 8 rings (SSSR count). The first-order valence-electron chi connectivity index (χ1n) is 16.6. The molecule has 1 atom stereocenters. The molecule has 0 amide bonds. The number of fused-ring (bicyclic) bond motifs is 3. The highest BCUT2D eigenvalue weighted by atomic mass is 79.9. The van der Waals surface area contributed by atoms with Gasteiger partial charge in [-0.05, 0) is 70.1 Å². The van der Waals surface area contributed by atoms with Gasteiger partial charge in [0.25, 0.3) is 10.1 Å². The van der Waals surface area contributed by atoms with Gasteiger partial charge in [0.2, 0.25) is 10.0 Å². The van der Waals surface area contributed by atoms with E-state index in [4.69, 9.17) is 14.0 Å². The minimum Gasteiger partial charge on any atom is -0.492 e. The molecule has 0 aliphatic carbocycles. The van der Waals surface area contributed by atoms with Crippen LogP contribution in [0.1, 0.15) is 16.7 Å². The number of sulfonamides is 1. The van der Waals surface area contributed by atoms with E-state index in [9.17, 15) is 21.9 Å². The van der Waals surface area contributed by atoms with Crippen LogP contribution in [0.4, 0.5) is 0 Å². The van der Waals surface area contributed by atoms with E-state index in [1.54, 1.807) is 12.1 Å². The average Bonchev–Trinajstić information content (AvgIpc) is 3.91. The van der Waals surface area contributed by atoms with E-state index in [1.807, 2.05) is 91.1 Å². The molecule has 2 aliphatic heterocycles. The van der Waals surface area contributed by atoms with E-state index < -0.39 is 26.2 Å². The van der Waals surface area contributed by atoms with E-state index in [-0.39, 0.29) is 22.1 Å². The molecular formula is C39H35BrN2O8S2. The van der Waals surface area contributed by atoms with Gasteiger partial charge >= 0.3 is 0 Å². The van der Waals surface area contributed by atoms with Crippen LogP contribution < -0.4 is 14.2 Å². The summed E-state index contributed by atoms with van der Waals surface area (Å²) in [6.45, 7) is 0.549. The SMILES string of the molecule is O=S(=O)(N[C@@H](CO)Cc1c[nH]c2ccccc12)c1cc(-c2ccccc2-c2ccccc2)cc2c1OCC2.O=S(=O)(O)c1cc(Br)cc2c1OCC2. The largest absolute Gasteiger partial charge is 0.492 e. The maximum absolute atomic E-state index is 13.8. The Balaban J connectivity index is 0.000000251. The first-order valence-corrected chi connectivity index (χ1v) is 20.3. The summed E-state index contributed by atoms with van der Waals surface area (Å²) in [5.41, 5.74) is 7.41. The maximum atomic E-state index is 13.8. The fourth-order valence-corrected chi connectivity index (χ4v) is 9.45. The number of aliphatic hydroxyl groups is 1. The van der Waals surface area contributed by atoms with Crippen molar-refractivity contribution in [3.63, 3.8) is 0 Å². The summed E-state index contributed by atoms with van der Waals surface area (Å²) in [4.78, 5) is 3.14. The molecule has 2 aliphatic rings. The third-order valence-electron chi connectivity index (χ3n) is 9.04. The molecule has 10 nitrogen and oxygen atoms in total. The second kappa shape index (κ2) is 14.9. The van der Waals surface area contributed by atoms with Gasteiger partial charge in [-0.25, -0.2) is 13.1 Å². The Morgan fingerprint density at radius 3 is 2.06 bits per heavy atom. The molecular weight excluding hydrogens is 768 g/mol. The molecule has 52 heavy (non-hydrogen) atoms. The van der Waals surface area contributed by atoms with Crippen molar-refractivity contribution < 1.29 is 36.0 Å². The van der Waals surface area contributed by atoms with Gasteiger partial charge in [-0.2, -0.15) is 8.42 Å². The summed E-state index contributed by atoms with van der Waals surface area (Å²) in [6.07, 6.45) is 3.51. The minimum absolute atomic E-state index is 0.0998. The fourth-order valence-electron chi connectivity index (χ4n) is 6.65. The van der Waals surface area contributed by atoms with E-state index in [1.165, 1.54) is 6.07 Å². The predicted octanol–water partition coefficient (Wildman–Crippen LogP) is 6.95. The van der Waals surface area contributed by atoms with Crippen molar-refractivity contribution in [2.45, 2.75) is 35.1 Å². The summed E-state index contributed by atoms with van der Waals surface area (Å²) >= 11 is 3.18. The number of para-hydroxylation sites is 1. The third-order valence-corrected chi connectivity index (χ3v) is 11.9. The first kappa shape index (κ1) is 35.9. The Morgan fingerprint density at radius 1 is 0.750 bits per heavy atom. The Kier molecular flexibility index (Phi) is 10.3. The lowest BCUT2D eigenvalue weighted by Gasteiger charge is -2.19. The van der Waals surface area contributed by atoms with Crippen molar-refractivity contribution in [3.8, 4) is 33.8 Å². The van der Waals surface area contributed by atoms with Gasteiger partial charge in [0, 0.05) is 46.0 Å². The van der Waals surface area contributed by atoms with Crippen molar-refractivity contribution in [1.29, 1.82) is 0 Å². The van der Waals surface area contributed by atoms with E-state index in [2.05, 4.69) is 25.6 Å². The van der Waals surface area contributed by atoms with Crippen LogP contribution in [-0.4, -0.2) is 57.3 Å². The summed E-state index contributed by atoms with van der Waals surface area (Å²) in [5, 5.41) is 11.1. The Hall–Kier alpha value is -4.50. The van der Waals surface area contributed by atoms with Gasteiger partial charge < -0.3 is 19.6 Å². The van der Waals surface area contributed by atoms with Crippen molar-refractivity contribution in [2.75, 3.05) is 19.8 Å². The minimum atomic E-state index is -4.21. The number of hydrogen-bond acceptors (Lipinski definition) is 7. The van der Waals surface area contributed by atoms with E-state index in [0.29, 0.717) is 42.7 Å². The fraction of sp³-hybridized carbons (Fsp3) is 0.179. The van der Waals surface area contributed by atoms with Gasteiger partial charge in [-0.1, -0.05) is 88.7 Å². The number of H-pyrrole nitrogens is 1. The molecule has 4 N–H and O–H groups in total. The van der Waals surface area contributed by atoms with Crippen LogP contribution in [-0.2, 0) is 39.4 Å². The highest BCUT2D eigenvalue weighted by molar-refractivity contribution is 9.10. The van der Waals surface area contributed by atoms with Crippen molar-refractivity contribution in [3.05, 3.63) is 130 Å². The molecule has 13 heteroatoms. The van der Waals surface area contributed by atoms with E-state index >= 15 is 0 Å². The van der Waals surface area contributed by atoms with Gasteiger partial charge in [0.1, 0.15) is 21.3 Å². The average molecular weight is 804 g/mol. The number of hydrogen-bond donors (Lipinski definition) is 4. The van der Waals surface area contributed by atoms with Gasteiger partial charge in [-0.15, -0.1) is 0 Å². The summed E-state index contributed by atoms with van der Waals surface area (Å²) in [6, 6.07) is 32.0. The number of aliphatic hydroxyl groups excluding tert-OH is 1. The number of aromatic nitrogens is 1. The zero-order chi connectivity index (χ0) is 36.5. The monoisotopic (exact) mass is 802 g/mol. The van der Waals surface area contributed by atoms with Crippen molar-refractivity contribution in [1.82, 2.24) is 9.71 Å². The normalized spacial score (nSPS) is 14.1. The summed E-state index contributed by atoms with van der Waals surface area (Å²) in [5.74, 6) is 0.665. The lowest BCUT2D eigenvalue weighted by atomic mass is 9.93. The second-order valence-corrected chi connectivity index (χ2v) is 16.5. The smallest absolute Gasteiger partial charge is 0.298 e. The molecule has 0 saturated heterocycles. The predicted molar refractivity (Wildman–Crippen MR) is 203 cm³/mol. The quantitative estimate of drug-likeness (QED) is 0.115. The highest BCUT2D eigenvalue weighted by Crippen LogP contribution is 2.40. The Morgan fingerprint density at radius 2 is 1.37 bits per heavy atom. The van der Waals surface area contributed by atoms with Crippen LogP contribution in [0.2, 0.25) is 0 Å². The highest BCUT2D eigenvalue weighted by Gasteiger charge is 2.30. The number of benzene rings is 5. The van der Waals surface area contributed by atoms with Crippen LogP contribution in [0, 0.1) is 0 Å². The van der Waals surface area contributed by atoms with Crippen molar-refractivity contribution in [2.24, 2.45) is 0 Å². The topological polar surface area (TPSA) is 155 Å². The number of halogens is 1. The van der Waals surface area contributed by atoms with Gasteiger partial charge in [0.05, 0.1) is 19.8 Å². The molecule has 0 fully saturated rings. The molecule has 0 spiro atoms. The number of aromatic amines is 1. The van der Waals surface area contributed by atoms with Crippen LogP contribution in [0.5, 0.6) is 11.5 Å². The molecule has 268 valence electrons. The van der Waals surface area contributed by atoms with Crippen LogP contribution in [0.25, 0.3) is 33.2 Å². The number of rotatable bonds is 9. The molecule has 6 aromatic rings. The Labute approximate surface area is 310 Å². The molecule has 0 unspecified atom stereocenters. The molecule has 3 heterocycles. The zero-order valence-electron chi connectivity index (χ0n) is 27.8. The molecule has 5 aromatic carbocycles. The van der Waals surface area contributed by atoms with E-state index in [0.717, 1.165) is 49.8 Å². The second-order valence-electron chi connectivity index (χ2n) is 12.5. The van der Waals surface area contributed by atoms with Gasteiger partial charge in [-0.3, -0.25) is 4.55 Å². The molecule has 0 radical (unpaired) electrons. The number of nitrogens with one attached hydrogen (secondary N) is 2. The van der Waals surface area contributed by atoms with Crippen LogP contribution in [0.15, 0.2) is 124 Å². The first-order chi connectivity index (χ1) is 25.0. The van der Waals surface area contributed by atoms with Crippen LogP contribution >= 0.6 is 15.9 Å². The summed E-state index contributed by atoms with van der Waals surface area (Å²) in [7, 11) is -8.21. The molecule has 0 bridgehead atoms. The maximum Gasteiger partial charge on any atom is 0.298 e. The number of ether oxygens (including phenoxy) is 2. The summed E-state index contributed by atoms with van der Waals surface area (Å²) < 4.78 is 72.8. The lowest BCUT2D eigenvalue weighted by Crippen LogP contribution is -2.39. The van der Waals surface area contributed by atoms with Crippen LogP contribution in [0.3, 0.4) is 0 Å². The molecule has 1 aromatic heterocycles. The third kappa shape index (κ3) is 7.51. The zero-order valence-corrected chi connectivity index (χ0v) is 31.0. The lowest BCUT2D eigenvalue weighted by molar-refractivity contribution is 0.256. The molecule has 0 saturated carbocycles. The standard InChI is InChI=1S/C31H28N2O4S.C8H7BrO4S/c34-20-25(17-24-19-32-29-13-7-6-12-28(24)29)33-38(35,36)30-18-23(16-22-14-15-37-31(22)30)27-11-5-4-10-26(27)21-8-2-1-3-9-21;9-6-3-5-1-2-13-8(5)7(4-6)14(10,11)12/h1-13,16,18-19,25,32-34H,14-15,17,20H2;3-4H,1-2H2,(H,10,11,12)/t25-;/m1./s1. The Bertz CT molecular complexity index is 2490. The van der Waals surface area contributed by atoms with Gasteiger partial charge in [0.15, 0.2) is 0 Å².